The SMILES string of the molecule is CC1(COc2nc(Cl)nc(OCC3(C)COc4cscc4OC3)n2)COc2cscc2OC1. The van der Waals surface area contributed by atoms with Gasteiger partial charge in [-0.15, -0.1) is 27.7 Å². The zero-order valence-corrected chi connectivity index (χ0v) is 20.4. The van der Waals surface area contributed by atoms with Gasteiger partial charge in [0.25, 0.3) is 0 Å². The Morgan fingerprint density at radius 1 is 0.727 bits per heavy atom. The second-order valence-corrected chi connectivity index (χ2v) is 10.5. The molecular formula is C21H22ClN3O6S2. The lowest BCUT2D eigenvalue weighted by Gasteiger charge is -2.26. The van der Waals surface area contributed by atoms with Gasteiger partial charge in [-0.2, -0.15) is 9.97 Å². The molecule has 0 spiro atoms. The Morgan fingerprint density at radius 2 is 1.09 bits per heavy atom. The highest BCUT2D eigenvalue weighted by molar-refractivity contribution is 7.08. The molecule has 0 saturated heterocycles. The average Bonchev–Trinajstić information content (AvgIpc) is 3.38. The molecule has 0 radical (unpaired) electrons. The molecule has 12 heteroatoms. The molecule has 0 saturated carbocycles. The van der Waals surface area contributed by atoms with Crippen LogP contribution in [0.3, 0.4) is 0 Å². The first-order valence-electron chi connectivity index (χ1n) is 10.2. The van der Waals surface area contributed by atoms with Crippen molar-refractivity contribution in [2.24, 2.45) is 10.8 Å². The first-order valence-corrected chi connectivity index (χ1v) is 12.5. The molecule has 2 aliphatic heterocycles. The number of ether oxygens (including phenoxy) is 6. The Kier molecular flexibility index (Phi) is 6.11. The third-order valence-corrected chi connectivity index (χ3v) is 6.73. The van der Waals surface area contributed by atoms with Crippen LogP contribution in [0.15, 0.2) is 21.5 Å². The number of halogens is 1. The van der Waals surface area contributed by atoms with E-state index in [0.717, 1.165) is 23.0 Å². The highest BCUT2D eigenvalue weighted by atomic mass is 35.5. The van der Waals surface area contributed by atoms with Crippen molar-refractivity contribution in [1.82, 2.24) is 15.0 Å². The summed E-state index contributed by atoms with van der Waals surface area (Å²) in [7, 11) is 0. The molecule has 0 aromatic carbocycles. The fourth-order valence-corrected chi connectivity index (χ4v) is 4.66. The second-order valence-electron chi connectivity index (χ2n) is 8.72. The van der Waals surface area contributed by atoms with E-state index in [9.17, 15) is 0 Å². The maximum atomic E-state index is 6.09. The number of nitrogens with zero attached hydrogens (tertiary/aromatic N) is 3. The van der Waals surface area contributed by atoms with Crippen molar-refractivity contribution in [2.75, 3.05) is 39.6 Å². The van der Waals surface area contributed by atoms with Crippen molar-refractivity contribution >= 4 is 34.3 Å². The van der Waals surface area contributed by atoms with Crippen molar-refractivity contribution in [2.45, 2.75) is 13.8 Å². The molecule has 9 nitrogen and oxygen atoms in total. The van der Waals surface area contributed by atoms with E-state index in [1.165, 1.54) is 22.7 Å². The number of thiophene rings is 2. The van der Waals surface area contributed by atoms with Crippen LogP contribution >= 0.6 is 34.3 Å². The summed E-state index contributed by atoms with van der Waals surface area (Å²) in [5.74, 6) is 2.99. The number of aromatic nitrogens is 3. The molecule has 176 valence electrons. The lowest BCUT2D eigenvalue weighted by atomic mass is 9.94. The van der Waals surface area contributed by atoms with E-state index >= 15 is 0 Å². The summed E-state index contributed by atoms with van der Waals surface area (Å²) >= 11 is 9.17. The molecule has 3 aromatic rings. The van der Waals surface area contributed by atoms with Gasteiger partial charge in [-0.1, -0.05) is 0 Å². The van der Waals surface area contributed by atoms with Gasteiger partial charge in [-0.25, -0.2) is 0 Å². The number of hydrogen-bond donors (Lipinski definition) is 0. The van der Waals surface area contributed by atoms with Crippen molar-refractivity contribution in [3.05, 3.63) is 26.8 Å². The lowest BCUT2D eigenvalue weighted by molar-refractivity contribution is 0.0548. The van der Waals surface area contributed by atoms with Crippen LogP contribution in [-0.4, -0.2) is 54.6 Å². The molecule has 0 N–H and O–H groups in total. The molecule has 0 amide bonds. The van der Waals surface area contributed by atoms with Crippen molar-refractivity contribution < 1.29 is 28.4 Å². The molecule has 3 aromatic heterocycles. The van der Waals surface area contributed by atoms with Crippen LogP contribution in [0, 0.1) is 10.8 Å². The maximum Gasteiger partial charge on any atom is 0.323 e. The molecule has 0 bridgehead atoms. The summed E-state index contributed by atoms with van der Waals surface area (Å²) in [6.07, 6.45) is 0. The van der Waals surface area contributed by atoms with E-state index in [0.29, 0.717) is 26.4 Å². The number of rotatable bonds is 6. The zero-order valence-electron chi connectivity index (χ0n) is 18.0. The van der Waals surface area contributed by atoms with Crippen LogP contribution in [0.25, 0.3) is 0 Å². The van der Waals surface area contributed by atoms with Crippen LogP contribution in [-0.2, 0) is 0 Å². The molecule has 33 heavy (non-hydrogen) atoms. The van der Waals surface area contributed by atoms with E-state index < -0.39 is 10.8 Å². The van der Waals surface area contributed by atoms with E-state index in [2.05, 4.69) is 15.0 Å². The van der Waals surface area contributed by atoms with Gasteiger partial charge < -0.3 is 28.4 Å². The minimum absolute atomic E-state index is 0.0178. The maximum absolute atomic E-state index is 6.09. The van der Waals surface area contributed by atoms with Crippen molar-refractivity contribution in [3.63, 3.8) is 0 Å². The number of hydrogen-bond acceptors (Lipinski definition) is 11. The summed E-state index contributed by atoms with van der Waals surface area (Å²) < 4.78 is 35.1. The van der Waals surface area contributed by atoms with Crippen LogP contribution in [0.2, 0.25) is 5.28 Å². The number of fused-ring (bicyclic) bond motifs is 2. The summed E-state index contributed by atoms with van der Waals surface area (Å²) in [4.78, 5) is 12.4. The Balaban J connectivity index is 1.19. The highest BCUT2D eigenvalue weighted by Crippen LogP contribution is 2.38. The fourth-order valence-electron chi connectivity index (χ4n) is 3.15. The fraction of sp³-hybridized carbons (Fsp3) is 0.476. The Labute approximate surface area is 203 Å². The van der Waals surface area contributed by atoms with E-state index in [-0.39, 0.29) is 30.5 Å². The van der Waals surface area contributed by atoms with Gasteiger partial charge in [0.15, 0.2) is 23.0 Å². The van der Waals surface area contributed by atoms with Crippen LogP contribution in [0.5, 0.6) is 35.0 Å². The minimum atomic E-state index is -0.404. The topological polar surface area (TPSA) is 94.1 Å². The third kappa shape index (κ3) is 5.20. The third-order valence-electron chi connectivity index (χ3n) is 5.16. The van der Waals surface area contributed by atoms with Crippen LogP contribution < -0.4 is 28.4 Å². The van der Waals surface area contributed by atoms with Crippen molar-refractivity contribution in [1.29, 1.82) is 0 Å². The first-order chi connectivity index (χ1) is 15.9. The van der Waals surface area contributed by atoms with E-state index in [1.807, 2.05) is 35.4 Å². The van der Waals surface area contributed by atoms with E-state index in [1.54, 1.807) is 0 Å². The standard InChI is InChI=1S/C21H22ClN3O6S2/c1-20(7-26-13-3-32-4-14(13)27-8-20)11-30-18-23-17(22)24-19(25-18)31-12-21(2)9-28-15-5-33-6-16(15)29-10-21/h3-6H,7-12H2,1-2H3. The van der Waals surface area contributed by atoms with Gasteiger partial charge in [-0.3, -0.25) is 0 Å². The molecule has 0 aliphatic carbocycles. The summed E-state index contributed by atoms with van der Waals surface area (Å²) in [6.45, 7) is 6.28. The largest absolute Gasteiger partial charge is 0.488 e. The summed E-state index contributed by atoms with van der Waals surface area (Å²) in [6, 6.07) is 0.148. The van der Waals surface area contributed by atoms with E-state index in [4.69, 9.17) is 40.0 Å². The van der Waals surface area contributed by atoms with Gasteiger partial charge in [0, 0.05) is 21.5 Å². The smallest absolute Gasteiger partial charge is 0.323 e. The predicted octanol–water partition coefficient (Wildman–Crippen LogP) is 4.36. The summed E-state index contributed by atoms with van der Waals surface area (Å²) in [5.41, 5.74) is -0.807. The first kappa shape index (κ1) is 22.3. The molecule has 2 aliphatic rings. The molecule has 5 rings (SSSR count). The summed E-state index contributed by atoms with van der Waals surface area (Å²) in [5, 5.41) is 7.65. The van der Waals surface area contributed by atoms with Gasteiger partial charge in [0.2, 0.25) is 5.28 Å². The van der Waals surface area contributed by atoms with Crippen LogP contribution in [0.4, 0.5) is 0 Å². The van der Waals surface area contributed by atoms with Gasteiger partial charge >= 0.3 is 12.0 Å². The molecular weight excluding hydrogens is 490 g/mol. The minimum Gasteiger partial charge on any atom is -0.488 e. The quantitative estimate of drug-likeness (QED) is 0.478. The Morgan fingerprint density at radius 3 is 1.45 bits per heavy atom. The Bertz CT molecular complexity index is 996. The zero-order chi connectivity index (χ0) is 22.9. The molecule has 0 unspecified atom stereocenters. The lowest BCUT2D eigenvalue weighted by Crippen LogP contribution is -2.37. The predicted molar refractivity (Wildman–Crippen MR) is 123 cm³/mol. The van der Waals surface area contributed by atoms with Gasteiger partial charge in [0.1, 0.15) is 39.6 Å². The van der Waals surface area contributed by atoms with Gasteiger partial charge in [-0.05, 0) is 25.4 Å². The monoisotopic (exact) mass is 511 g/mol. The molecule has 0 fully saturated rings. The molecule has 5 heterocycles. The average molecular weight is 512 g/mol. The normalized spacial score (nSPS) is 18.2. The van der Waals surface area contributed by atoms with Gasteiger partial charge in [0.05, 0.1) is 10.8 Å². The Hall–Kier alpha value is -2.50. The highest BCUT2D eigenvalue weighted by Gasteiger charge is 2.34. The molecule has 0 atom stereocenters. The van der Waals surface area contributed by atoms with Crippen LogP contribution in [0.1, 0.15) is 13.8 Å². The second kappa shape index (κ2) is 9.03. The van der Waals surface area contributed by atoms with Crippen molar-refractivity contribution in [3.8, 4) is 35.0 Å².